The molecule has 19 heavy (non-hydrogen) atoms. The SMILES string of the molecule is CCNC(CSC(C)CC)Cc1cc(F)ccc1F. The fraction of sp³-hybridized carbons (Fsp3) is 0.600. The molecule has 0 aliphatic carbocycles. The van der Waals surface area contributed by atoms with Crippen molar-refractivity contribution in [2.45, 2.75) is 44.9 Å². The number of rotatable bonds is 8. The van der Waals surface area contributed by atoms with E-state index in [1.54, 1.807) is 0 Å². The molecule has 0 radical (unpaired) electrons. The van der Waals surface area contributed by atoms with E-state index in [0.29, 0.717) is 17.2 Å². The summed E-state index contributed by atoms with van der Waals surface area (Å²) in [7, 11) is 0. The molecule has 1 nitrogen and oxygen atoms in total. The van der Waals surface area contributed by atoms with E-state index in [1.165, 1.54) is 12.1 Å². The van der Waals surface area contributed by atoms with E-state index >= 15 is 0 Å². The molecule has 0 aliphatic heterocycles. The molecule has 0 amide bonds. The number of likely N-dealkylation sites (N-methyl/N-ethyl adjacent to an activating group) is 1. The van der Waals surface area contributed by atoms with Gasteiger partial charge in [0.05, 0.1) is 0 Å². The van der Waals surface area contributed by atoms with E-state index in [9.17, 15) is 8.78 Å². The van der Waals surface area contributed by atoms with Gasteiger partial charge in [-0.15, -0.1) is 0 Å². The van der Waals surface area contributed by atoms with Crippen LogP contribution in [0.5, 0.6) is 0 Å². The standard InChI is InChI=1S/C15H23F2NS/c1-4-11(3)19-10-14(18-5-2)9-12-8-13(16)6-7-15(12)17/h6-8,11,14,18H,4-5,9-10H2,1-3H3. The lowest BCUT2D eigenvalue weighted by Crippen LogP contribution is -2.34. The van der Waals surface area contributed by atoms with Crippen molar-refractivity contribution in [2.24, 2.45) is 0 Å². The molecule has 2 atom stereocenters. The van der Waals surface area contributed by atoms with Crippen molar-refractivity contribution in [3.63, 3.8) is 0 Å². The zero-order chi connectivity index (χ0) is 14.3. The normalized spacial score (nSPS) is 14.4. The lowest BCUT2D eigenvalue weighted by Gasteiger charge is -2.20. The second-order valence-electron chi connectivity index (χ2n) is 4.75. The Morgan fingerprint density at radius 1 is 1.26 bits per heavy atom. The number of halogens is 2. The smallest absolute Gasteiger partial charge is 0.126 e. The summed E-state index contributed by atoms with van der Waals surface area (Å²) in [6.45, 7) is 7.22. The van der Waals surface area contributed by atoms with E-state index in [0.717, 1.165) is 24.8 Å². The fourth-order valence-corrected chi connectivity index (χ4v) is 2.87. The topological polar surface area (TPSA) is 12.0 Å². The molecule has 2 unspecified atom stereocenters. The monoisotopic (exact) mass is 287 g/mol. The molecular weight excluding hydrogens is 264 g/mol. The minimum Gasteiger partial charge on any atom is -0.313 e. The van der Waals surface area contributed by atoms with E-state index < -0.39 is 0 Å². The molecule has 1 aromatic rings. The van der Waals surface area contributed by atoms with Gasteiger partial charge in [-0.1, -0.05) is 20.8 Å². The van der Waals surface area contributed by atoms with Gasteiger partial charge in [-0.25, -0.2) is 8.78 Å². The van der Waals surface area contributed by atoms with Crippen LogP contribution in [0.2, 0.25) is 0 Å². The molecule has 0 aliphatic rings. The molecule has 0 aromatic heterocycles. The second kappa shape index (κ2) is 8.54. The number of benzene rings is 1. The minimum atomic E-state index is -0.374. The first-order valence-corrected chi connectivity index (χ1v) is 7.90. The number of thioether (sulfide) groups is 1. The van der Waals surface area contributed by atoms with Gasteiger partial charge in [-0.2, -0.15) is 11.8 Å². The quantitative estimate of drug-likeness (QED) is 0.775. The summed E-state index contributed by atoms with van der Waals surface area (Å²) >= 11 is 1.88. The highest BCUT2D eigenvalue weighted by Gasteiger charge is 2.13. The summed E-state index contributed by atoms with van der Waals surface area (Å²) in [4.78, 5) is 0. The van der Waals surface area contributed by atoms with Crippen molar-refractivity contribution in [1.82, 2.24) is 5.32 Å². The molecule has 0 bridgehead atoms. The molecule has 0 heterocycles. The Kier molecular flexibility index (Phi) is 7.39. The Labute approximate surface area is 119 Å². The molecule has 0 spiro atoms. The van der Waals surface area contributed by atoms with Gasteiger partial charge in [-0.05, 0) is 43.1 Å². The molecule has 1 N–H and O–H groups in total. The van der Waals surface area contributed by atoms with Gasteiger partial charge in [0, 0.05) is 17.0 Å². The molecule has 1 aromatic carbocycles. The highest BCUT2D eigenvalue weighted by molar-refractivity contribution is 7.99. The predicted octanol–water partition coefficient (Wildman–Crippen LogP) is 4.02. The Hall–Kier alpha value is -0.610. The molecular formula is C15H23F2NS. The predicted molar refractivity (Wildman–Crippen MR) is 79.7 cm³/mol. The van der Waals surface area contributed by atoms with Crippen LogP contribution in [0.25, 0.3) is 0 Å². The van der Waals surface area contributed by atoms with Crippen molar-refractivity contribution in [2.75, 3.05) is 12.3 Å². The molecule has 0 fully saturated rings. The van der Waals surface area contributed by atoms with Crippen molar-refractivity contribution in [3.05, 3.63) is 35.4 Å². The lowest BCUT2D eigenvalue weighted by atomic mass is 10.1. The van der Waals surface area contributed by atoms with Crippen LogP contribution in [0.3, 0.4) is 0 Å². The van der Waals surface area contributed by atoms with E-state index in [2.05, 4.69) is 19.2 Å². The van der Waals surface area contributed by atoms with Gasteiger partial charge in [0.25, 0.3) is 0 Å². The zero-order valence-electron chi connectivity index (χ0n) is 11.9. The summed E-state index contributed by atoms with van der Waals surface area (Å²) < 4.78 is 26.8. The first-order valence-electron chi connectivity index (χ1n) is 6.85. The summed E-state index contributed by atoms with van der Waals surface area (Å²) in [6, 6.07) is 3.85. The Morgan fingerprint density at radius 3 is 2.63 bits per heavy atom. The summed E-state index contributed by atoms with van der Waals surface area (Å²) in [5, 5.41) is 3.94. The maximum atomic E-state index is 13.6. The minimum absolute atomic E-state index is 0.181. The Bertz CT molecular complexity index is 384. The third-order valence-corrected chi connectivity index (χ3v) is 4.62. The third-order valence-electron chi connectivity index (χ3n) is 3.12. The van der Waals surface area contributed by atoms with Crippen LogP contribution >= 0.6 is 11.8 Å². The van der Waals surface area contributed by atoms with Crippen LogP contribution in [-0.2, 0) is 6.42 Å². The summed E-state index contributed by atoms with van der Waals surface area (Å²) in [5.74, 6) is 0.220. The van der Waals surface area contributed by atoms with Crippen molar-refractivity contribution >= 4 is 11.8 Å². The summed E-state index contributed by atoms with van der Waals surface area (Å²) in [6.07, 6.45) is 1.65. The van der Waals surface area contributed by atoms with Crippen LogP contribution in [0.15, 0.2) is 18.2 Å². The van der Waals surface area contributed by atoms with E-state index in [1.807, 2.05) is 18.7 Å². The molecule has 0 saturated carbocycles. The van der Waals surface area contributed by atoms with Gasteiger partial charge in [0.15, 0.2) is 0 Å². The maximum Gasteiger partial charge on any atom is 0.126 e. The van der Waals surface area contributed by atoms with Gasteiger partial charge < -0.3 is 5.32 Å². The first kappa shape index (κ1) is 16.4. The second-order valence-corrected chi connectivity index (χ2v) is 6.22. The highest BCUT2D eigenvalue weighted by Crippen LogP contribution is 2.18. The molecule has 108 valence electrons. The highest BCUT2D eigenvalue weighted by atomic mass is 32.2. The van der Waals surface area contributed by atoms with E-state index in [-0.39, 0.29) is 17.7 Å². The van der Waals surface area contributed by atoms with Crippen LogP contribution < -0.4 is 5.32 Å². The van der Waals surface area contributed by atoms with Crippen LogP contribution in [0, 0.1) is 11.6 Å². The molecule has 1 rings (SSSR count). The fourth-order valence-electron chi connectivity index (χ4n) is 1.84. The van der Waals surface area contributed by atoms with Gasteiger partial charge in [0.1, 0.15) is 11.6 Å². The van der Waals surface area contributed by atoms with Crippen molar-refractivity contribution in [1.29, 1.82) is 0 Å². The number of hydrogen-bond donors (Lipinski definition) is 1. The zero-order valence-corrected chi connectivity index (χ0v) is 12.7. The van der Waals surface area contributed by atoms with Crippen LogP contribution in [-0.4, -0.2) is 23.6 Å². The van der Waals surface area contributed by atoms with Crippen molar-refractivity contribution in [3.8, 4) is 0 Å². The molecule has 0 saturated heterocycles. The average molecular weight is 287 g/mol. The van der Waals surface area contributed by atoms with Gasteiger partial charge in [0.2, 0.25) is 0 Å². The van der Waals surface area contributed by atoms with Crippen LogP contribution in [0.1, 0.15) is 32.8 Å². The average Bonchev–Trinajstić information content (AvgIpc) is 2.40. The summed E-state index contributed by atoms with van der Waals surface area (Å²) in [5.41, 5.74) is 0.454. The van der Waals surface area contributed by atoms with E-state index in [4.69, 9.17) is 0 Å². The van der Waals surface area contributed by atoms with Crippen molar-refractivity contribution < 1.29 is 8.78 Å². The Balaban J connectivity index is 2.63. The van der Waals surface area contributed by atoms with Gasteiger partial charge >= 0.3 is 0 Å². The number of hydrogen-bond acceptors (Lipinski definition) is 2. The maximum absolute atomic E-state index is 13.6. The number of nitrogens with one attached hydrogen (secondary N) is 1. The van der Waals surface area contributed by atoms with Crippen LogP contribution in [0.4, 0.5) is 8.78 Å². The Morgan fingerprint density at radius 2 is 2.00 bits per heavy atom. The lowest BCUT2D eigenvalue weighted by molar-refractivity contribution is 0.537. The largest absolute Gasteiger partial charge is 0.313 e. The third kappa shape index (κ3) is 5.91. The molecule has 4 heteroatoms. The first-order chi connectivity index (χ1) is 9.06. The van der Waals surface area contributed by atoms with Gasteiger partial charge in [-0.3, -0.25) is 0 Å².